The first-order valence-electron chi connectivity index (χ1n) is 13.2. The first kappa shape index (κ1) is 28.5. The summed E-state index contributed by atoms with van der Waals surface area (Å²) in [5.74, 6) is -5.00. The van der Waals surface area contributed by atoms with E-state index in [9.17, 15) is 14.4 Å². The Bertz CT molecular complexity index is 1420. The Morgan fingerprint density at radius 1 is 0.950 bits per heavy atom. The molecule has 0 aromatic heterocycles. The monoisotopic (exact) mass is 547 g/mol. The largest absolute Gasteiger partial charge is 0.492 e. The number of nitrogens with one attached hydrogen (secondary N) is 2. The van der Waals surface area contributed by atoms with E-state index in [4.69, 9.17) is 4.74 Å². The lowest BCUT2D eigenvalue weighted by Gasteiger charge is -2.24. The summed E-state index contributed by atoms with van der Waals surface area (Å²) in [7, 11) is 0. The number of anilines is 2. The van der Waals surface area contributed by atoms with Crippen molar-refractivity contribution in [2.24, 2.45) is 0 Å². The molecule has 3 aromatic rings. The number of benzene rings is 3. The summed E-state index contributed by atoms with van der Waals surface area (Å²) >= 11 is 0. The molecule has 1 aliphatic rings. The van der Waals surface area contributed by atoms with Crippen LogP contribution in [0, 0.1) is 0 Å². The van der Waals surface area contributed by atoms with Gasteiger partial charge in [0.25, 0.3) is 17.7 Å². The van der Waals surface area contributed by atoms with Gasteiger partial charge in [0.2, 0.25) is 5.91 Å². The third-order valence-corrected chi connectivity index (χ3v) is 6.41. The third-order valence-electron chi connectivity index (χ3n) is 6.41. The first-order chi connectivity index (χ1) is 19.3. The molecule has 0 bridgehead atoms. The lowest BCUT2D eigenvalue weighted by molar-refractivity contribution is -0.116. The number of rotatable bonds is 8. The van der Waals surface area contributed by atoms with Gasteiger partial charge in [0, 0.05) is 42.4 Å². The normalized spacial score (nSPS) is 15.1. The minimum Gasteiger partial charge on any atom is -0.492 e. The summed E-state index contributed by atoms with van der Waals surface area (Å²) in [5.41, 5.74) is 0.638. The molecule has 0 aliphatic carbocycles. The number of carbonyl (C=O) groups is 3. The number of para-hydroxylation sites is 3. The molecule has 7 nitrogen and oxygen atoms in total. The van der Waals surface area contributed by atoms with E-state index < -0.39 is 35.6 Å². The molecule has 0 saturated carbocycles. The Kier molecular flexibility index (Phi) is 8.93. The Morgan fingerprint density at radius 2 is 1.65 bits per heavy atom. The van der Waals surface area contributed by atoms with Gasteiger partial charge in [-0.15, -0.1) is 0 Å². The van der Waals surface area contributed by atoms with Crippen LogP contribution in [0.4, 0.5) is 20.2 Å². The van der Waals surface area contributed by atoms with Crippen molar-refractivity contribution in [2.45, 2.75) is 32.6 Å². The molecule has 1 heterocycles. The maximum absolute atomic E-state index is 15.4. The second-order valence-electron chi connectivity index (χ2n) is 9.21. The van der Waals surface area contributed by atoms with Crippen LogP contribution >= 0.6 is 0 Å². The van der Waals surface area contributed by atoms with Gasteiger partial charge >= 0.3 is 0 Å². The van der Waals surface area contributed by atoms with Crippen molar-refractivity contribution in [3.8, 4) is 5.75 Å². The lowest BCUT2D eigenvalue weighted by Crippen LogP contribution is -2.34. The number of hydrogen-bond acceptors (Lipinski definition) is 4. The van der Waals surface area contributed by atoms with Crippen molar-refractivity contribution in [1.82, 2.24) is 5.32 Å². The average molecular weight is 548 g/mol. The van der Waals surface area contributed by atoms with Crippen LogP contribution in [0.5, 0.6) is 5.75 Å². The van der Waals surface area contributed by atoms with Gasteiger partial charge in [-0.2, -0.15) is 0 Å². The van der Waals surface area contributed by atoms with Crippen molar-refractivity contribution in [3.05, 3.63) is 95.6 Å². The molecule has 0 radical (unpaired) electrons. The van der Waals surface area contributed by atoms with Gasteiger partial charge in [-0.3, -0.25) is 14.4 Å². The molecule has 3 amide bonds. The summed E-state index contributed by atoms with van der Waals surface area (Å²) in [5, 5.41) is 5.39. The molecule has 0 spiro atoms. The number of fused-ring (bicyclic) bond motifs is 1. The van der Waals surface area contributed by atoms with E-state index in [0.717, 1.165) is 6.08 Å². The van der Waals surface area contributed by atoms with Crippen LogP contribution in [0.2, 0.25) is 0 Å². The number of halogens is 2. The molecule has 0 atom stereocenters. The fourth-order valence-corrected chi connectivity index (χ4v) is 4.52. The SMILES string of the molecule is CCCNC(=O)C=C1c2ccccc2N(C(=O)c2cccc(C(=O)Nc3ccccc3)c2OCC)CCC1(F)F. The van der Waals surface area contributed by atoms with Crippen LogP contribution in [-0.2, 0) is 4.79 Å². The summed E-state index contributed by atoms with van der Waals surface area (Å²) in [6.45, 7) is 3.80. The number of carbonyl (C=O) groups excluding carboxylic acids is 3. The molecular formula is C31H31F2N3O4. The maximum atomic E-state index is 15.4. The van der Waals surface area contributed by atoms with E-state index in [1.165, 1.54) is 17.0 Å². The van der Waals surface area contributed by atoms with E-state index in [1.807, 2.05) is 13.0 Å². The number of alkyl halides is 2. The van der Waals surface area contributed by atoms with Gasteiger partial charge in [0.05, 0.1) is 23.4 Å². The second kappa shape index (κ2) is 12.5. The molecule has 1 aliphatic heterocycles. The van der Waals surface area contributed by atoms with Gasteiger partial charge in [-0.05, 0) is 43.7 Å². The summed E-state index contributed by atoms with van der Waals surface area (Å²) < 4.78 is 36.7. The Labute approximate surface area is 231 Å². The van der Waals surface area contributed by atoms with E-state index in [-0.39, 0.29) is 41.3 Å². The van der Waals surface area contributed by atoms with Crippen molar-refractivity contribution in [1.29, 1.82) is 0 Å². The first-order valence-corrected chi connectivity index (χ1v) is 13.2. The van der Waals surface area contributed by atoms with Crippen LogP contribution in [-0.4, -0.2) is 43.3 Å². The molecule has 208 valence electrons. The van der Waals surface area contributed by atoms with Gasteiger partial charge in [0.15, 0.2) is 0 Å². The summed E-state index contributed by atoms with van der Waals surface area (Å²) in [6.07, 6.45) is 0.885. The highest BCUT2D eigenvalue weighted by Gasteiger charge is 2.41. The van der Waals surface area contributed by atoms with Crippen LogP contribution in [0.25, 0.3) is 5.57 Å². The van der Waals surface area contributed by atoms with Crippen molar-refractivity contribution >= 4 is 34.7 Å². The van der Waals surface area contributed by atoms with Gasteiger partial charge in [-0.25, -0.2) is 8.78 Å². The van der Waals surface area contributed by atoms with E-state index in [2.05, 4.69) is 10.6 Å². The zero-order valence-electron chi connectivity index (χ0n) is 22.4. The Morgan fingerprint density at radius 3 is 2.38 bits per heavy atom. The fourth-order valence-electron chi connectivity index (χ4n) is 4.52. The van der Waals surface area contributed by atoms with Gasteiger partial charge in [0.1, 0.15) is 5.75 Å². The molecule has 0 saturated heterocycles. The lowest BCUT2D eigenvalue weighted by atomic mass is 9.97. The van der Waals surface area contributed by atoms with Crippen LogP contribution in [0.1, 0.15) is 53.0 Å². The molecule has 0 fully saturated rings. The predicted octanol–water partition coefficient (Wildman–Crippen LogP) is 5.93. The van der Waals surface area contributed by atoms with Crippen molar-refractivity contribution < 1.29 is 27.9 Å². The zero-order chi connectivity index (χ0) is 28.7. The summed E-state index contributed by atoms with van der Waals surface area (Å²) in [6, 6.07) is 19.7. The van der Waals surface area contributed by atoms with Crippen LogP contribution in [0.15, 0.2) is 78.9 Å². The smallest absolute Gasteiger partial charge is 0.275 e. The van der Waals surface area contributed by atoms with E-state index in [1.54, 1.807) is 61.5 Å². The maximum Gasteiger partial charge on any atom is 0.275 e. The number of ether oxygens (including phenoxy) is 1. The Balaban J connectivity index is 1.75. The molecule has 3 aromatic carbocycles. The van der Waals surface area contributed by atoms with E-state index in [0.29, 0.717) is 18.7 Å². The van der Waals surface area contributed by atoms with Crippen molar-refractivity contribution in [3.63, 3.8) is 0 Å². The average Bonchev–Trinajstić information content (AvgIpc) is 3.06. The second-order valence-corrected chi connectivity index (χ2v) is 9.21. The number of nitrogens with zero attached hydrogens (tertiary/aromatic N) is 1. The molecular weight excluding hydrogens is 516 g/mol. The quantitative estimate of drug-likeness (QED) is 0.342. The minimum atomic E-state index is -3.37. The molecule has 0 unspecified atom stereocenters. The van der Waals surface area contributed by atoms with Gasteiger partial charge < -0.3 is 20.3 Å². The highest BCUT2D eigenvalue weighted by molar-refractivity contribution is 6.14. The topological polar surface area (TPSA) is 87.7 Å². The number of allylic oxidation sites excluding steroid dienone is 1. The van der Waals surface area contributed by atoms with Crippen LogP contribution < -0.4 is 20.3 Å². The Hall–Kier alpha value is -4.53. The van der Waals surface area contributed by atoms with Gasteiger partial charge in [-0.1, -0.05) is 49.4 Å². The summed E-state index contributed by atoms with van der Waals surface area (Å²) in [4.78, 5) is 40.8. The molecule has 4 rings (SSSR count). The highest BCUT2D eigenvalue weighted by atomic mass is 19.3. The van der Waals surface area contributed by atoms with Crippen LogP contribution in [0.3, 0.4) is 0 Å². The number of amides is 3. The molecule has 2 N–H and O–H groups in total. The standard InChI is InChI=1S/C31H31F2N3O4/c1-3-18-34-27(37)20-25-22-13-8-9-16-26(22)36(19-17-31(25,32)33)30(39)24-15-10-14-23(28(24)40-4-2)29(38)35-21-11-6-5-7-12-21/h5-16,20H,3-4,17-19H2,1-2H3,(H,34,37)(H,35,38). The number of hydrogen-bond donors (Lipinski definition) is 2. The molecule has 40 heavy (non-hydrogen) atoms. The fraction of sp³-hybridized carbons (Fsp3) is 0.258. The van der Waals surface area contributed by atoms with E-state index >= 15 is 8.78 Å². The highest BCUT2D eigenvalue weighted by Crippen LogP contribution is 2.43. The predicted molar refractivity (Wildman–Crippen MR) is 151 cm³/mol. The zero-order valence-corrected chi connectivity index (χ0v) is 22.4. The third kappa shape index (κ3) is 6.20. The van der Waals surface area contributed by atoms with Crippen molar-refractivity contribution in [2.75, 3.05) is 29.9 Å². The minimum absolute atomic E-state index is 0.0617. The molecule has 9 heteroatoms.